The lowest BCUT2D eigenvalue weighted by atomic mass is 9.93. The minimum Gasteiger partial charge on any atom is -0.507 e. The van der Waals surface area contributed by atoms with E-state index in [1.165, 1.54) is 16.2 Å². The zero-order valence-corrected chi connectivity index (χ0v) is 18.1. The Labute approximate surface area is 182 Å². The predicted octanol–water partition coefficient (Wildman–Crippen LogP) is 4.74. The second-order valence-corrected chi connectivity index (χ2v) is 8.74. The van der Waals surface area contributed by atoms with Crippen molar-refractivity contribution in [1.29, 1.82) is 0 Å². The summed E-state index contributed by atoms with van der Waals surface area (Å²) in [4.78, 5) is 27.4. The molecular formula is C22H18ClN3O3S. The van der Waals surface area contributed by atoms with Gasteiger partial charge in [0.15, 0.2) is 0 Å². The van der Waals surface area contributed by atoms with Gasteiger partial charge in [0.25, 0.3) is 5.78 Å². The van der Waals surface area contributed by atoms with Crippen LogP contribution in [-0.2, 0) is 9.59 Å². The van der Waals surface area contributed by atoms with Crippen LogP contribution >= 0.6 is 22.9 Å². The van der Waals surface area contributed by atoms with Crippen molar-refractivity contribution in [3.63, 3.8) is 0 Å². The van der Waals surface area contributed by atoms with Gasteiger partial charge in [-0.25, -0.2) is 0 Å². The van der Waals surface area contributed by atoms with E-state index >= 15 is 0 Å². The van der Waals surface area contributed by atoms with Gasteiger partial charge in [0, 0.05) is 10.6 Å². The first-order valence-corrected chi connectivity index (χ1v) is 10.4. The van der Waals surface area contributed by atoms with E-state index in [1.807, 2.05) is 26.0 Å². The summed E-state index contributed by atoms with van der Waals surface area (Å²) in [6.45, 7) is 5.51. The van der Waals surface area contributed by atoms with Crippen LogP contribution in [0, 0.1) is 20.8 Å². The van der Waals surface area contributed by atoms with Crippen LogP contribution < -0.4 is 4.90 Å². The number of aromatic nitrogens is 2. The second-order valence-electron chi connectivity index (χ2n) is 7.14. The maximum absolute atomic E-state index is 13.1. The molecule has 1 aromatic heterocycles. The fourth-order valence-corrected chi connectivity index (χ4v) is 4.35. The third kappa shape index (κ3) is 3.40. The summed E-state index contributed by atoms with van der Waals surface area (Å²) >= 11 is 7.24. The maximum Gasteiger partial charge on any atom is 0.301 e. The molecule has 1 fully saturated rings. The first-order chi connectivity index (χ1) is 14.3. The summed E-state index contributed by atoms with van der Waals surface area (Å²) in [6.07, 6.45) is 0. The molecule has 152 valence electrons. The van der Waals surface area contributed by atoms with Gasteiger partial charge >= 0.3 is 5.91 Å². The summed E-state index contributed by atoms with van der Waals surface area (Å²) in [5.41, 5.74) is 2.90. The van der Waals surface area contributed by atoms with E-state index < -0.39 is 17.7 Å². The van der Waals surface area contributed by atoms with Crippen molar-refractivity contribution in [1.82, 2.24) is 10.2 Å². The Bertz CT molecular complexity index is 1200. The minimum atomic E-state index is -0.838. The van der Waals surface area contributed by atoms with Crippen molar-refractivity contribution in [2.24, 2.45) is 0 Å². The van der Waals surface area contributed by atoms with Gasteiger partial charge in [-0.15, -0.1) is 10.2 Å². The second kappa shape index (κ2) is 7.66. The number of aliphatic hydroxyl groups is 1. The monoisotopic (exact) mass is 439 g/mol. The van der Waals surface area contributed by atoms with E-state index in [-0.39, 0.29) is 11.3 Å². The molecule has 4 rings (SSSR count). The first kappa shape index (κ1) is 20.3. The highest BCUT2D eigenvalue weighted by atomic mass is 35.5. The molecule has 1 amide bonds. The number of amides is 1. The van der Waals surface area contributed by atoms with Gasteiger partial charge in [-0.2, -0.15) is 0 Å². The van der Waals surface area contributed by atoms with Crippen molar-refractivity contribution in [2.45, 2.75) is 26.8 Å². The Morgan fingerprint density at radius 2 is 1.77 bits per heavy atom. The molecule has 2 aromatic carbocycles. The third-order valence-corrected chi connectivity index (χ3v) is 6.09. The number of nitrogens with zero attached hydrogens (tertiary/aromatic N) is 3. The van der Waals surface area contributed by atoms with Gasteiger partial charge in [-0.3, -0.25) is 14.5 Å². The molecule has 2 heterocycles. The fourth-order valence-electron chi connectivity index (χ4n) is 3.51. The average Bonchev–Trinajstić information content (AvgIpc) is 3.25. The summed E-state index contributed by atoms with van der Waals surface area (Å²) in [7, 11) is 0. The molecule has 0 aliphatic carbocycles. The number of aryl methyl sites for hydroxylation is 3. The van der Waals surface area contributed by atoms with E-state index in [0.717, 1.165) is 11.1 Å². The number of hydrogen-bond donors (Lipinski definition) is 1. The highest BCUT2D eigenvalue weighted by Gasteiger charge is 2.48. The van der Waals surface area contributed by atoms with E-state index in [0.29, 0.717) is 26.3 Å². The summed E-state index contributed by atoms with van der Waals surface area (Å²) in [5, 5.41) is 20.7. The molecule has 0 spiro atoms. The van der Waals surface area contributed by atoms with Crippen LogP contribution in [-0.4, -0.2) is 27.0 Å². The number of halogens is 1. The molecule has 8 heteroatoms. The van der Waals surface area contributed by atoms with E-state index in [2.05, 4.69) is 10.2 Å². The van der Waals surface area contributed by atoms with Crippen LogP contribution in [0.1, 0.15) is 33.3 Å². The van der Waals surface area contributed by atoms with Crippen LogP contribution in [0.3, 0.4) is 0 Å². The number of aliphatic hydroxyl groups excluding tert-OH is 1. The number of ketones is 1. The molecular weight excluding hydrogens is 422 g/mol. The topological polar surface area (TPSA) is 83.4 Å². The molecule has 30 heavy (non-hydrogen) atoms. The molecule has 1 N–H and O–H groups in total. The van der Waals surface area contributed by atoms with Gasteiger partial charge in [-0.1, -0.05) is 52.8 Å². The molecule has 0 radical (unpaired) electrons. The Kier molecular flexibility index (Phi) is 5.17. The van der Waals surface area contributed by atoms with Gasteiger partial charge < -0.3 is 5.11 Å². The van der Waals surface area contributed by atoms with Crippen molar-refractivity contribution in [2.75, 3.05) is 4.90 Å². The lowest BCUT2D eigenvalue weighted by Gasteiger charge is -2.22. The molecule has 1 aliphatic rings. The molecule has 1 atom stereocenters. The van der Waals surface area contributed by atoms with Crippen molar-refractivity contribution >= 4 is 45.5 Å². The molecule has 1 aliphatic heterocycles. The van der Waals surface area contributed by atoms with Crippen LogP contribution in [0.4, 0.5) is 5.13 Å². The molecule has 1 unspecified atom stereocenters. The van der Waals surface area contributed by atoms with E-state index in [1.54, 1.807) is 37.3 Å². The lowest BCUT2D eigenvalue weighted by Crippen LogP contribution is -2.29. The average molecular weight is 440 g/mol. The largest absolute Gasteiger partial charge is 0.507 e. The molecule has 1 saturated heterocycles. The fraction of sp³-hybridized carbons (Fsp3) is 0.182. The van der Waals surface area contributed by atoms with E-state index in [9.17, 15) is 14.7 Å². The zero-order valence-electron chi connectivity index (χ0n) is 16.5. The third-order valence-electron chi connectivity index (χ3n) is 5.00. The number of rotatable bonds is 3. The SMILES string of the molecule is Cc1ccc(C)c(C(O)=C2C(=O)C(=O)N(c3nnc(C)s3)C2c2ccc(Cl)cc2)c1. The Morgan fingerprint density at radius 1 is 1.07 bits per heavy atom. The standard InChI is InChI=1S/C22H18ClN3O3S/c1-11-4-5-12(2)16(10-11)19(27)17-18(14-6-8-15(23)9-7-14)26(21(29)20(17)28)22-25-24-13(3)30-22/h4-10,18,27H,1-3H3. The van der Waals surface area contributed by atoms with Gasteiger partial charge in [0.05, 0.1) is 11.6 Å². The normalized spacial score (nSPS) is 18.3. The Hall–Kier alpha value is -3.03. The minimum absolute atomic E-state index is 0.0175. The number of Topliss-reactive ketones (excluding diaryl/α,β-unsaturated/α-hetero) is 1. The summed E-state index contributed by atoms with van der Waals surface area (Å²) < 4.78 is 0. The highest BCUT2D eigenvalue weighted by molar-refractivity contribution is 7.15. The molecule has 3 aromatic rings. The Morgan fingerprint density at radius 3 is 2.40 bits per heavy atom. The van der Waals surface area contributed by atoms with Crippen LogP contribution in [0.25, 0.3) is 5.76 Å². The number of benzene rings is 2. The summed E-state index contributed by atoms with van der Waals surface area (Å²) in [6, 6.07) is 11.6. The van der Waals surface area contributed by atoms with Crippen LogP contribution in [0.5, 0.6) is 0 Å². The number of hydrogen-bond acceptors (Lipinski definition) is 6. The summed E-state index contributed by atoms with van der Waals surface area (Å²) in [5.74, 6) is -1.72. The molecule has 6 nitrogen and oxygen atoms in total. The quantitative estimate of drug-likeness (QED) is 0.362. The molecule has 0 bridgehead atoms. The zero-order chi connectivity index (χ0) is 21.6. The number of anilines is 1. The van der Waals surface area contributed by atoms with Crippen molar-refractivity contribution in [3.8, 4) is 0 Å². The van der Waals surface area contributed by atoms with Gasteiger partial charge in [0.1, 0.15) is 10.8 Å². The highest BCUT2D eigenvalue weighted by Crippen LogP contribution is 2.43. The van der Waals surface area contributed by atoms with Crippen molar-refractivity contribution in [3.05, 3.63) is 80.3 Å². The van der Waals surface area contributed by atoms with Gasteiger partial charge in [0.2, 0.25) is 5.13 Å². The van der Waals surface area contributed by atoms with Crippen LogP contribution in [0.15, 0.2) is 48.0 Å². The lowest BCUT2D eigenvalue weighted by molar-refractivity contribution is -0.132. The van der Waals surface area contributed by atoms with Gasteiger partial charge in [-0.05, 0) is 50.1 Å². The van der Waals surface area contributed by atoms with E-state index in [4.69, 9.17) is 11.6 Å². The Balaban J connectivity index is 1.97. The smallest absolute Gasteiger partial charge is 0.301 e. The first-order valence-electron chi connectivity index (χ1n) is 9.22. The molecule has 0 saturated carbocycles. The van der Waals surface area contributed by atoms with Crippen molar-refractivity contribution < 1.29 is 14.7 Å². The number of carbonyl (C=O) groups excluding carboxylic acids is 2. The predicted molar refractivity (Wildman–Crippen MR) is 117 cm³/mol. The van der Waals surface area contributed by atoms with Crippen LogP contribution in [0.2, 0.25) is 5.02 Å². The number of carbonyl (C=O) groups is 2. The maximum atomic E-state index is 13.1.